The third-order valence-corrected chi connectivity index (χ3v) is 8.31. The van der Waals surface area contributed by atoms with Crippen LogP contribution in [0.15, 0.2) is 55.2 Å². The third-order valence-electron chi connectivity index (χ3n) is 7.64. The molecule has 0 amide bonds. The SMILES string of the molecule is CS(=O)(=O)NCc1cc(F)cc(-c2cncc3[nH]c(-c4n[nH]c5cnc(-c6cncc(CN7CCCC7)c6)c(F)c45)nc23)c1. The van der Waals surface area contributed by atoms with Crippen LogP contribution in [0, 0.1) is 11.6 Å². The van der Waals surface area contributed by atoms with Gasteiger partial charge in [-0.15, -0.1) is 0 Å². The number of rotatable bonds is 8. The molecule has 11 nitrogen and oxygen atoms in total. The lowest BCUT2D eigenvalue weighted by atomic mass is 10.0. The predicted octanol–water partition coefficient (Wildman–Crippen LogP) is 4.55. The van der Waals surface area contributed by atoms with Gasteiger partial charge in [-0.05, 0) is 66.9 Å². The summed E-state index contributed by atoms with van der Waals surface area (Å²) in [5, 5.41) is 7.41. The van der Waals surface area contributed by atoms with E-state index in [1.54, 1.807) is 30.9 Å². The van der Waals surface area contributed by atoms with E-state index in [2.05, 4.69) is 39.8 Å². The molecule has 3 N–H and O–H groups in total. The summed E-state index contributed by atoms with van der Waals surface area (Å²) in [5.74, 6) is -0.814. The average Bonchev–Trinajstić information content (AvgIpc) is 3.75. The molecule has 44 heavy (non-hydrogen) atoms. The Kier molecular flexibility index (Phi) is 7.11. The molecule has 0 aliphatic carbocycles. The van der Waals surface area contributed by atoms with Gasteiger partial charge < -0.3 is 4.98 Å². The van der Waals surface area contributed by atoms with Crippen molar-refractivity contribution in [2.75, 3.05) is 19.3 Å². The van der Waals surface area contributed by atoms with Crippen LogP contribution in [-0.2, 0) is 23.1 Å². The summed E-state index contributed by atoms with van der Waals surface area (Å²) in [5.41, 5.74) is 4.75. The Morgan fingerprint density at radius 1 is 0.909 bits per heavy atom. The van der Waals surface area contributed by atoms with Crippen LogP contribution in [-0.4, -0.2) is 67.8 Å². The number of hydrogen-bond donors (Lipinski definition) is 3. The van der Waals surface area contributed by atoms with Gasteiger partial charge >= 0.3 is 0 Å². The Hall–Kier alpha value is -4.66. The first-order valence-electron chi connectivity index (χ1n) is 14.0. The molecule has 1 aromatic carbocycles. The van der Waals surface area contributed by atoms with Crippen molar-refractivity contribution in [1.29, 1.82) is 0 Å². The Balaban J connectivity index is 1.27. The van der Waals surface area contributed by atoms with Crippen LogP contribution in [0.2, 0.25) is 0 Å². The minimum Gasteiger partial charge on any atom is -0.335 e. The fourth-order valence-electron chi connectivity index (χ4n) is 5.63. The topological polar surface area (TPSA) is 145 Å². The number of benzene rings is 1. The zero-order chi connectivity index (χ0) is 30.4. The molecule has 6 heterocycles. The summed E-state index contributed by atoms with van der Waals surface area (Å²) < 4.78 is 56.3. The van der Waals surface area contributed by atoms with Crippen molar-refractivity contribution >= 4 is 32.0 Å². The lowest BCUT2D eigenvalue weighted by Gasteiger charge is -2.14. The Morgan fingerprint density at radius 2 is 1.70 bits per heavy atom. The van der Waals surface area contributed by atoms with Crippen molar-refractivity contribution in [2.24, 2.45) is 0 Å². The smallest absolute Gasteiger partial charge is 0.209 e. The average molecular weight is 616 g/mol. The number of halogens is 2. The summed E-state index contributed by atoms with van der Waals surface area (Å²) in [6, 6.07) is 6.16. The fraction of sp³-hybridized carbons (Fsp3) is 0.233. The highest BCUT2D eigenvalue weighted by atomic mass is 32.2. The maximum Gasteiger partial charge on any atom is 0.209 e. The molecule has 224 valence electrons. The number of fused-ring (bicyclic) bond motifs is 2. The van der Waals surface area contributed by atoms with Gasteiger partial charge in [-0.2, -0.15) is 5.10 Å². The van der Waals surface area contributed by atoms with Crippen molar-refractivity contribution in [3.05, 3.63) is 78.0 Å². The number of likely N-dealkylation sites (tertiary alicyclic amines) is 1. The maximum absolute atomic E-state index is 16.2. The van der Waals surface area contributed by atoms with Crippen LogP contribution in [0.5, 0.6) is 0 Å². The van der Waals surface area contributed by atoms with Crippen LogP contribution < -0.4 is 4.72 Å². The molecule has 0 unspecified atom stereocenters. The second kappa shape index (κ2) is 11.1. The first-order chi connectivity index (χ1) is 21.2. The first kappa shape index (κ1) is 28.1. The normalized spacial score (nSPS) is 14.2. The largest absolute Gasteiger partial charge is 0.335 e. The number of aromatic nitrogens is 7. The number of nitrogens with one attached hydrogen (secondary N) is 3. The highest BCUT2D eigenvalue weighted by Crippen LogP contribution is 2.34. The van der Waals surface area contributed by atoms with Crippen molar-refractivity contribution < 1.29 is 17.2 Å². The Morgan fingerprint density at radius 3 is 2.52 bits per heavy atom. The van der Waals surface area contributed by atoms with E-state index in [0.29, 0.717) is 38.8 Å². The number of nitrogens with zero attached hydrogens (tertiary/aromatic N) is 6. The van der Waals surface area contributed by atoms with E-state index in [1.165, 1.54) is 31.2 Å². The molecule has 0 radical (unpaired) electrons. The van der Waals surface area contributed by atoms with Crippen molar-refractivity contribution in [1.82, 2.24) is 44.7 Å². The fourth-order valence-corrected chi connectivity index (χ4v) is 6.06. The molecule has 0 spiro atoms. The van der Waals surface area contributed by atoms with Gasteiger partial charge in [0.2, 0.25) is 10.0 Å². The van der Waals surface area contributed by atoms with Gasteiger partial charge in [-0.1, -0.05) is 0 Å². The zero-order valence-corrected chi connectivity index (χ0v) is 24.4. The van der Waals surface area contributed by atoms with E-state index < -0.39 is 21.7 Å². The van der Waals surface area contributed by atoms with Crippen LogP contribution >= 0.6 is 0 Å². The first-order valence-corrected chi connectivity index (χ1v) is 15.9. The Bertz CT molecular complexity index is 2140. The van der Waals surface area contributed by atoms with Gasteiger partial charge in [0.25, 0.3) is 0 Å². The van der Waals surface area contributed by atoms with Crippen molar-refractivity contribution in [2.45, 2.75) is 25.9 Å². The van der Waals surface area contributed by atoms with Crippen LogP contribution in [0.3, 0.4) is 0 Å². The van der Waals surface area contributed by atoms with Crippen LogP contribution in [0.4, 0.5) is 8.78 Å². The van der Waals surface area contributed by atoms with Crippen molar-refractivity contribution in [3.63, 3.8) is 0 Å². The Labute approximate surface area is 250 Å². The summed E-state index contributed by atoms with van der Waals surface area (Å²) in [6.45, 7) is 2.75. The second-order valence-electron chi connectivity index (χ2n) is 11.0. The minimum atomic E-state index is -3.47. The van der Waals surface area contributed by atoms with Gasteiger partial charge in [0, 0.05) is 42.8 Å². The molecule has 6 aromatic rings. The van der Waals surface area contributed by atoms with Crippen LogP contribution in [0.1, 0.15) is 24.0 Å². The maximum atomic E-state index is 16.2. The van der Waals surface area contributed by atoms with Gasteiger partial charge in [0.1, 0.15) is 17.2 Å². The summed E-state index contributed by atoms with van der Waals surface area (Å²) in [4.78, 5) is 23.3. The summed E-state index contributed by atoms with van der Waals surface area (Å²) in [6.07, 6.45) is 11.4. The number of hydrogen-bond acceptors (Lipinski definition) is 8. The van der Waals surface area contributed by atoms with Gasteiger partial charge in [0.15, 0.2) is 11.6 Å². The van der Waals surface area contributed by atoms with E-state index in [9.17, 15) is 12.8 Å². The second-order valence-corrected chi connectivity index (χ2v) is 12.8. The molecule has 1 saturated heterocycles. The highest BCUT2D eigenvalue weighted by Gasteiger charge is 2.22. The van der Waals surface area contributed by atoms with Gasteiger partial charge in [0.05, 0.1) is 40.6 Å². The minimum absolute atomic E-state index is 0.0790. The number of pyridine rings is 3. The highest BCUT2D eigenvalue weighted by molar-refractivity contribution is 7.88. The van der Waals surface area contributed by atoms with Gasteiger partial charge in [-0.3, -0.25) is 25.0 Å². The lowest BCUT2D eigenvalue weighted by molar-refractivity contribution is 0.331. The van der Waals surface area contributed by atoms with E-state index in [-0.39, 0.29) is 29.1 Å². The standard InChI is InChI=1S/C30H27F2N9O2S/c1-44(42,43)36-11-17-6-19(9-21(31)8-17)22-13-34-14-24-28(22)38-30(37-24)29-25-23(39-40-29)15-35-27(26(25)32)20-7-18(10-33-12-20)16-41-4-2-3-5-41/h6-10,12-15,36H,2-5,11,16H2,1H3,(H,37,38)(H,39,40). The third kappa shape index (κ3) is 5.54. The van der Waals surface area contributed by atoms with E-state index in [4.69, 9.17) is 4.98 Å². The molecular weight excluding hydrogens is 588 g/mol. The molecule has 0 atom stereocenters. The van der Waals surface area contributed by atoms with E-state index in [0.717, 1.165) is 31.5 Å². The molecule has 1 aliphatic rings. The predicted molar refractivity (Wildman–Crippen MR) is 162 cm³/mol. The molecule has 1 fully saturated rings. The van der Waals surface area contributed by atoms with Crippen molar-refractivity contribution in [3.8, 4) is 33.9 Å². The molecule has 7 rings (SSSR count). The quantitative estimate of drug-likeness (QED) is 0.226. The zero-order valence-electron chi connectivity index (χ0n) is 23.6. The molecule has 5 aromatic heterocycles. The van der Waals surface area contributed by atoms with E-state index >= 15 is 4.39 Å². The molecule has 14 heteroatoms. The monoisotopic (exact) mass is 615 g/mol. The van der Waals surface area contributed by atoms with E-state index in [1.807, 2.05) is 6.07 Å². The number of H-pyrrole nitrogens is 2. The van der Waals surface area contributed by atoms with Crippen LogP contribution in [0.25, 0.3) is 55.8 Å². The molecular formula is C30H27F2N9O2S. The lowest BCUT2D eigenvalue weighted by Crippen LogP contribution is -2.21. The molecule has 1 aliphatic heterocycles. The summed E-state index contributed by atoms with van der Waals surface area (Å²) in [7, 11) is -3.47. The van der Waals surface area contributed by atoms with Gasteiger partial charge in [-0.25, -0.2) is 26.9 Å². The number of sulfonamides is 1. The number of aromatic amines is 2. The molecule has 0 saturated carbocycles. The molecule has 0 bridgehead atoms. The summed E-state index contributed by atoms with van der Waals surface area (Å²) >= 11 is 0. The number of imidazole rings is 1.